The molecule has 1 saturated heterocycles. The first-order chi connectivity index (χ1) is 13.8. The largest absolute Gasteiger partial charge is 0.454 e. The lowest BCUT2D eigenvalue weighted by molar-refractivity contribution is -0.150. The van der Waals surface area contributed by atoms with E-state index in [0.29, 0.717) is 16.3 Å². The lowest BCUT2D eigenvalue weighted by atomic mass is 9.92. The first kappa shape index (κ1) is 20.3. The van der Waals surface area contributed by atoms with Gasteiger partial charge in [0.2, 0.25) is 0 Å². The van der Waals surface area contributed by atoms with Crippen LogP contribution in [0.4, 0.5) is 10.5 Å². The number of anilines is 1. The van der Waals surface area contributed by atoms with Gasteiger partial charge in [0, 0.05) is 0 Å². The zero-order valence-electron chi connectivity index (χ0n) is 15.5. The number of carbonyl (C=O) groups excluding carboxylic acids is 4. The average molecular weight is 416 g/mol. The molecule has 0 bridgehead atoms. The van der Waals surface area contributed by atoms with Crippen molar-refractivity contribution in [3.63, 3.8) is 0 Å². The van der Waals surface area contributed by atoms with Crippen LogP contribution in [-0.2, 0) is 24.7 Å². The number of rotatable bonds is 6. The molecule has 1 heterocycles. The lowest BCUT2D eigenvalue weighted by Crippen LogP contribution is -2.41. The third-order valence-corrected chi connectivity index (χ3v) is 4.76. The third kappa shape index (κ3) is 4.38. The van der Waals surface area contributed by atoms with Gasteiger partial charge in [-0.25, -0.2) is 4.79 Å². The number of hydrogen-bond acceptors (Lipinski definition) is 5. The first-order valence-electron chi connectivity index (χ1n) is 8.71. The van der Waals surface area contributed by atoms with Crippen molar-refractivity contribution in [3.8, 4) is 0 Å². The Balaban J connectivity index is 1.56. The molecule has 4 amide bonds. The summed E-state index contributed by atoms with van der Waals surface area (Å²) in [7, 11) is 0. The van der Waals surface area contributed by atoms with Gasteiger partial charge in [-0.2, -0.15) is 0 Å². The molecule has 1 atom stereocenters. The molecule has 29 heavy (non-hydrogen) atoms. The predicted molar refractivity (Wildman–Crippen MR) is 105 cm³/mol. The lowest BCUT2D eigenvalue weighted by Gasteiger charge is -2.21. The number of amides is 4. The topological polar surface area (TPSA) is 105 Å². The van der Waals surface area contributed by atoms with Crippen LogP contribution in [0.25, 0.3) is 0 Å². The molecule has 0 spiro atoms. The summed E-state index contributed by atoms with van der Waals surface area (Å²) in [6.07, 6.45) is 0. The molecule has 3 rings (SSSR count). The summed E-state index contributed by atoms with van der Waals surface area (Å²) in [5.74, 6) is -2.07. The Kier molecular flexibility index (Phi) is 5.84. The van der Waals surface area contributed by atoms with Crippen molar-refractivity contribution in [1.82, 2.24) is 10.2 Å². The Morgan fingerprint density at radius 1 is 1.10 bits per heavy atom. The molecule has 150 valence electrons. The summed E-state index contributed by atoms with van der Waals surface area (Å²) in [5.41, 5.74) is -0.309. The first-order valence-corrected chi connectivity index (χ1v) is 9.08. The Bertz CT molecular complexity index is 966. The smallest absolute Gasteiger partial charge is 0.326 e. The number of nitrogens with zero attached hydrogens (tertiary/aromatic N) is 1. The van der Waals surface area contributed by atoms with Crippen LogP contribution >= 0.6 is 11.6 Å². The highest BCUT2D eigenvalue weighted by atomic mass is 35.5. The summed E-state index contributed by atoms with van der Waals surface area (Å²) in [6.45, 7) is 0.376. The van der Waals surface area contributed by atoms with Crippen LogP contribution in [0.1, 0.15) is 12.5 Å². The molecule has 0 aromatic heterocycles. The van der Waals surface area contributed by atoms with Gasteiger partial charge in [0.1, 0.15) is 12.1 Å². The second-order valence-corrected chi connectivity index (χ2v) is 6.91. The van der Waals surface area contributed by atoms with Crippen molar-refractivity contribution in [1.29, 1.82) is 0 Å². The van der Waals surface area contributed by atoms with Gasteiger partial charge in [-0.3, -0.25) is 19.3 Å². The van der Waals surface area contributed by atoms with Crippen molar-refractivity contribution in [2.24, 2.45) is 0 Å². The second kappa shape index (κ2) is 8.32. The number of ether oxygens (including phenoxy) is 1. The molecule has 9 heteroatoms. The summed E-state index contributed by atoms with van der Waals surface area (Å²) in [4.78, 5) is 49.7. The fourth-order valence-corrected chi connectivity index (χ4v) is 3.06. The highest BCUT2D eigenvalue weighted by molar-refractivity contribution is 6.33. The van der Waals surface area contributed by atoms with E-state index in [4.69, 9.17) is 16.3 Å². The molecular weight excluding hydrogens is 398 g/mol. The molecule has 0 unspecified atom stereocenters. The monoisotopic (exact) mass is 415 g/mol. The quantitative estimate of drug-likeness (QED) is 0.556. The molecule has 0 radical (unpaired) electrons. The van der Waals surface area contributed by atoms with Crippen molar-refractivity contribution in [2.75, 3.05) is 18.5 Å². The van der Waals surface area contributed by atoms with Gasteiger partial charge in [-0.1, -0.05) is 54.1 Å². The highest BCUT2D eigenvalue weighted by Gasteiger charge is 2.49. The van der Waals surface area contributed by atoms with E-state index in [-0.39, 0.29) is 0 Å². The normalized spacial score (nSPS) is 18.3. The van der Waals surface area contributed by atoms with E-state index in [0.717, 1.165) is 4.90 Å². The van der Waals surface area contributed by atoms with Crippen LogP contribution in [-0.4, -0.2) is 41.9 Å². The molecule has 0 aliphatic carbocycles. The van der Waals surface area contributed by atoms with E-state index in [1.807, 2.05) is 0 Å². The SMILES string of the molecule is C[C@]1(c2ccccc2)NC(=O)N(CC(=O)OCC(=O)Nc2ccccc2Cl)C1=O. The Labute approximate surface area is 171 Å². The molecular formula is C20H18ClN3O5. The Hall–Kier alpha value is -3.39. The van der Waals surface area contributed by atoms with E-state index >= 15 is 0 Å². The molecule has 2 N–H and O–H groups in total. The standard InChI is InChI=1S/C20H18ClN3O5/c1-20(13-7-3-2-4-8-13)18(27)24(19(28)23-20)11-17(26)29-12-16(25)22-15-10-6-5-9-14(15)21/h2-10H,11-12H2,1H3,(H,22,25)(H,23,28)/t20-/m1/s1. The van der Waals surface area contributed by atoms with Crippen molar-refractivity contribution >= 4 is 41.1 Å². The van der Waals surface area contributed by atoms with Crippen molar-refractivity contribution in [3.05, 3.63) is 65.2 Å². The van der Waals surface area contributed by atoms with Crippen LogP contribution in [0, 0.1) is 0 Å². The minimum Gasteiger partial charge on any atom is -0.454 e. The van der Waals surface area contributed by atoms with Crippen LogP contribution in [0.2, 0.25) is 5.02 Å². The molecule has 2 aromatic carbocycles. The number of imide groups is 1. The molecule has 1 aliphatic rings. The van der Waals surface area contributed by atoms with Gasteiger partial charge in [0.25, 0.3) is 11.8 Å². The zero-order chi connectivity index (χ0) is 21.0. The van der Waals surface area contributed by atoms with Gasteiger partial charge in [-0.05, 0) is 24.6 Å². The van der Waals surface area contributed by atoms with E-state index in [2.05, 4.69) is 10.6 Å². The molecule has 1 aliphatic heterocycles. The summed E-state index contributed by atoms with van der Waals surface area (Å²) < 4.78 is 4.88. The molecule has 0 saturated carbocycles. The van der Waals surface area contributed by atoms with E-state index < -0.39 is 42.5 Å². The highest BCUT2D eigenvalue weighted by Crippen LogP contribution is 2.28. The van der Waals surface area contributed by atoms with Crippen LogP contribution < -0.4 is 10.6 Å². The van der Waals surface area contributed by atoms with Gasteiger partial charge < -0.3 is 15.4 Å². The number of carbonyl (C=O) groups is 4. The average Bonchev–Trinajstić information content (AvgIpc) is 2.93. The fourth-order valence-electron chi connectivity index (χ4n) is 2.88. The van der Waals surface area contributed by atoms with Crippen molar-refractivity contribution in [2.45, 2.75) is 12.5 Å². The van der Waals surface area contributed by atoms with Crippen molar-refractivity contribution < 1.29 is 23.9 Å². The minimum absolute atomic E-state index is 0.340. The third-order valence-electron chi connectivity index (χ3n) is 4.43. The number of hydrogen-bond donors (Lipinski definition) is 2. The maximum absolute atomic E-state index is 12.7. The molecule has 1 fully saturated rings. The van der Waals surface area contributed by atoms with Gasteiger partial charge >= 0.3 is 12.0 Å². The van der Waals surface area contributed by atoms with E-state index in [1.165, 1.54) is 0 Å². The number of nitrogens with one attached hydrogen (secondary N) is 2. The maximum Gasteiger partial charge on any atom is 0.326 e. The molecule has 2 aromatic rings. The van der Waals surface area contributed by atoms with Crippen LogP contribution in [0.3, 0.4) is 0 Å². The van der Waals surface area contributed by atoms with Gasteiger partial charge in [0.05, 0.1) is 10.7 Å². The van der Waals surface area contributed by atoms with Gasteiger partial charge in [0.15, 0.2) is 6.61 Å². The summed E-state index contributed by atoms with van der Waals surface area (Å²) in [5, 5.41) is 5.43. The van der Waals surface area contributed by atoms with Gasteiger partial charge in [-0.15, -0.1) is 0 Å². The van der Waals surface area contributed by atoms with E-state index in [9.17, 15) is 19.2 Å². The van der Waals surface area contributed by atoms with Crippen LogP contribution in [0.5, 0.6) is 0 Å². The second-order valence-electron chi connectivity index (χ2n) is 6.50. The number of esters is 1. The number of para-hydroxylation sites is 1. The number of benzene rings is 2. The minimum atomic E-state index is -1.28. The van der Waals surface area contributed by atoms with E-state index in [1.54, 1.807) is 61.5 Å². The van der Waals surface area contributed by atoms with Crippen LogP contribution in [0.15, 0.2) is 54.6 Å². The molecule has 8 nitrogen and oxygen atoms in total. The Morgan fingerprint density at radius 3 is 2.45 bits per heavy atom. The maximum atomic E-state index is 12.7. The summed E-state index contributed by atoms with van der Waals surface area (Å²) in [6, 6.07) is 14.6. The number of urea groups is 1. The zero-order valence-corrected chi connectivity index (χ0v) is 16.2. The summed E-state index contributed by atoms with van der Waals surface area (Å²) >= 11 is 5.94. The Morgan fingerprint density at radius 2 is 1.76 bits per heavy atom. The predicted octanol–water partition coefficient (Wildman–Crippen LogP) is 2.29. The number of halogens is 1. The fraction of sp³-hybridized carbons (Fsp3) is 0.200.